The minimum atomic E-state index is -0.0577. The molecule has 0 spiro atoms. The van der Waals surface area contributed by atoms with Crippen LogP contribution in [0, 0.1) is 0 Å². The van der Waals surface area contributed by atoms with Crippen LogP contribution in [0.15, 0.2) is 53.7 Å². The van der Waals surface area contributed by atoms with E-state index in [1.807, 2.05) is 48.5 Å². The molecule has 0 aliphatic carbocycles. The molecular formula is C19H19N5O3S. The van der Waals surface area contributed by atoms with Crippen LogP contribution < -0.4 is 14.8 Å². The highest BCUT2D eigenvalue weighted by molar-refractivity contribution is 7.99. The quantitative estimate of drug-likeness (QED) is 0.609. The number of benzene rings is 2. The fraction of sp³-hybridized carbons (Fsp3) is 0.263. The van der Waals surface area contributed by atoms with Crippen LogP contribution in [0.1, 0.15) is 5.56 Å². The lowest BCUT2D eigenvalue weighted by atomic mass is 10.1. The summed E-state index contributed by atoms with van der Waals surface area (Å²) in [6.45, 7) is 1.64. The average Bonchev–Trinajstić information content (AvgIpc) is 3.21. The van der Waals surface area contributed by atoms with Gasteiger partial charge in [-0.1, -0.05) is 42.1 Å². The first kappa shape index (κ1) is 18.3. The van der Waals surface area contributed by atoms with E-state index in [0.717, 1.165) is 12.1 Å². The molecule has 3 aromatic rings. The van der Waals surface area contributed by atoms with Gasteiger partial charge in [-0.2, -0.15) is 4.68 Å². The Morgan fingerprint density at radius 3 is 2.79 bits per heavy atom. The second-order valence-corrected chi connectivity index (χ2v) is 7.02. The maximum absolute atomic E-state index is 12.1. The van der Waals surface area contributed by atoms with Gasteiger partial charge in [0.05, 0.1) is 11.4 Å². The smallest absolute Gasteiger partial charge is 0.230 e. The van der Waals surface area contributed by atoms with Crippen molar-refractivity contribution in [3.05, 3.63) is 54.1 Å². The molecule has 4 rings (SSSR count). The van der Waals surface area contributed by atoms with Crippen LogP contribution in [-0.4, -0.2) is 51.6 Å². The number of rotatable bonds is 7. The van der Waals surface area contributed by atoms with E-state index in [1.165, 1.54) is 17.3 Å². The van der Waals surface area contributed by atoms with Crippen molar-refractivity contribution in [2.24, 2.45) is 0 Å². The predicted molar refractivity (Wildman–Crippen MR) is 104 cm³/mol. The zero-order chi connectivity index (χ0) is 19.2. The number of ether oxygens (including phenoxy) is 2. The standard InChI is InChI=1S/C19H19N5O3S/c25-18(20-9-8-14-4-2-1-3-5-14)13-28-19-21-22-23-24(19)15-6-7-16-17(12-15)27-11-10-26-16/h1-7,12H,8-11,13H2,(H,20,25). The summed E-state index contributed by atoms with van der Waals surface area (Å²) in [5.74, 6) is 1.54. The summed E-state index contributed by atoms with van der Waals surface area (Å²) in [6, 6.07) is 15.6. The molecule has 0 saturated carbocycles. The summed E-state index contributed by atoms with van der Waals surface area (Å²) in [4.78, 5) is 12.1. The molecule has 0 bridgehead atoms. The number of aromatic nitrogens is 4. The lowest BCUT2D eigenvalue weighted by Gasteiger charge is -2.18. The maximum atomic E-state index is 12.1. The van der Waals surface area contributed by atoms with Crippen molar-refractivity contribution >= 4 is 17.7 Å². The van der Waals surface area contributed by atoms with Gasteiger partial charge in [-0.25, -0.2) is 0 Å². The number of hydrogen-bond acceptors (Lipinski definition) is 7. The lowest BCUT2D eigenvalue weighted by Crippen LogP contribution is -2.27. The highest BCUT2D eigenvalue weighted by atomic mass is 32.2. The highest BCUT2D eigenvalue weighted by Gasteiger charge is 2.16. The molecule has 2 heterocycles. The summed E-state index contributed by atoms with van der Waals surface area (Å²) in [5.41, 5.74) is 1.94. The summed E-state index contributed by atoms with van der Waals surface area (Å²) in [7, 11) is 0. The van der Waals surface area contributed by atoms with Gasteiger partial charge in [-0.05, 0) is 34.5 Å². The lowest BCUT2D eigenvalue weighted by molar-refractivity contribution is -0.118. The van der Waals surface area contributed by atoms with Crippen LogP contribution in [0.3, 0.4) is 0 Å². The summed E-state index contributed by atoms with van der Waals surface area (Å²) in [5, 5.41) is 15.2. The Kier molecular flexibility index (Phi) is 5.72. The van der Waals surface area contributed by atoms with Crippen LogP contribution in [0.5, 0.6) is 11.5 Å². The number of hydrogen-bond donors (Lipinski definition) is 1. The fourth-order valence-corrected chi connectivity index (χ4v) is 3.49. The molecule has 0 fully saturated rings. The number of carbonyl (C=O) groups is 1. The first-order chi connectivity index (χ1) is 13.8. The Bertz CT molecular complexity index is 948. The number of nitrogens with one attached hydrogen (secondary N) is 1. The van der Waals surface area contributed by atoms with Crippen molar-refractivity contribution in [2.45, 2.75) is 11.6 Å². The van der Waals surface area contributed by atoms with Crippen molar-refractivity contribution in [3.63, 3.8) is 0 Å². The first-order valence-electron chi connectivity index (χ1n) is 8.91. The molecule has 2 aromatic carbocycles. The normalized spacial score (nSPS) is 12.6. The molecule has 8 nitrogen and oxygen atoms in total. The predicted octanol–water partition coefficient (Wildman–Crippen LogP) is 1.88. The molecule has 1 aliphatic heterocycles. The minimum Gasteiger partial charge on any atom is -0.486 e. The van der Waals surface area contributed by atoms with Gasteiger partial charge < -0.3 is 14.8 Å². The van der Waals surface area contributed by atoms with Crippen LogP contribution in [-0.2, 0) is 11.2 Å². The molecule has 0 atom stereocenters. The van der Waals surface area contributed by atoms with Gasteiger partial charge in [0.25, 0.3) is 0 Å². The zero-order valence-corrected chi connectivity index (χ0v) is 15.9. The second-order valence-electron chi connectivity index (χ2n) is 6.08. The Balaban J connectivity index is 1.32. The van der Waals surface area contributed by atoms with Crippen LogP contribution in [0.25, 0.3) is 5.69 Å². The third-order valence-electron chi connectivity index (χ3n) is 4.12. The van der Waals surface area contributed by atoms with Crippen molar-refractivity contribution in [2.75, 3.05) is 25.5 Å². The van der Waals surface area contributed by atoms with E-state index < -0.39 is 0 Å². The molecular weight excluding hydrogens is 378 g/mol. The van der Waals surface area contributed by atoms with Gasteiger partial charge in [-0.3, -0.25) is 4.79 Å². The van der Waals surface area contributed by atoms with E-state index >= 15 is 0 Å². The number of fused-ring (bicyclic) bond motifs is 1. The largest absolute Gasteiger partial charge is 0.486 e. The number of amides is 1. The van der Waals surface area contributed by atoms with E-state index in [0.29, 0.717) is 36.4 Å². The van der Waals surface area contributed by atoms with E-state index in [2.05, 4.69) is 20.8 Å². The van der Waals surface area contributed by atoms with E-state index in [1.54, 1.807) is 4.68 Å². The third-order valence-corrected chi connectivity index (χ3v) is 5.04. The summed E-state index contributed by atoms with van der Waals surface area (Å²) >= 11 is 1.28. The molecule has 0 saturated heterocycles. The minimum absolute atomic E-state index is 0.0577. The Morgan fingerprint density at radius 1 is 1.11 bits per heavy atom. The topological polar surface area (TPSA) is 91.2 Å². The number of tetrazole rings is 1. The molecule has 1 amide bonds. The SMILES string of the molecule is O=C(CSc1nnnn1-c1ccc2c(c1)OCCO2)NCCc1ccccc1. The monoisotopic (exact) mass is 397 g/mol. The molecule has 1 aliphatic rings. The fourth-order valence-electron chi connectivity index (χ4n) is 2.77. The van der Waals surface area contributed by atoms with Crippen LogP contribution in [0.2, 0.25) is 0 Å². The second kappa shape index (κ2) is 8.75. The number of thioether (sulfide) groups is 1. The van der Waals surface area contributed by atoms with Crippen molar-refractivity contribution in [3.8, 4) is 17.2 Å². The molecule has 9 heteroatoms. The van der Waals surface area contributed by atoms with E-state index in [9.17, 15) is 4.79 Å². The van der Waals surface area contributed by atoms with Crippen LogP contribution >= 0.6 is 11.8 Å². The zero-order valence-electron chi connectivity index (χ0n) is 15.1. The maximum Gasteiger partial charge on any atom is 0.230 e. The van der Waals surface area contributed by atoms with Gasteiger partial charge in [0.15, 0.2) is 11.5 Å². The van der Waals surface area contributed by atoms with Gasteiger partial charge in [-0.15, -0.1) is 5.10 Å². The summed E-state index contributed by atoms with van der Waals surface area (Å²) in [6.07, 6.45) is 0.798. The molecule has 0 radical (unpaired) electrons. The Morgan fingerprint density at radius 2 is 1.93 bits per heavy atom. The van der Waals surface area contributed by atoms with E-state index in [4.69, 9.17) is 9.47 Å². The average molecular weight is 397 g/mol. The Labute approximate surface area is 166 Å². The third kappa shape index (κ3) is 4.42. The van der Waals surface area contributed by atoms with Gasteiger partial charge >= 0.3 is 0 Å². The molecule has 0 unspecified atom stereocenters. The Hall–Kier alpha value is -3.07. The van der Waals surface area contributed by atoms with Crippen molar-refractivity contribution < 1.29 is 14.3 Å². The molecule has 1 aromatic heterocycles. The van der Waals surface area contributed by atoms with Crippen molar-refractivity contribution in [1.82, 2.24) is 25.5 Å². The van der Waals surface area contributed by atoms with E-state index in [-0.39, 0.29) is 11.7 Å². The van der Waals surface area contributed by atoms with Gasteiger partial charge in [0, 0.05) is 12.6 Å². The van der Waals surface area contributed by atoms with Gasteiger partial charge in [0.2, 0.25) is 11.1 Å². The number of nitrogens with zero attached hydrogens (tertiary/aromatic N) is 4. The highest BCUT2D eigenvalue weighted by Crippen LogP contribution is 2.32. The van der Waals surface area contributed by atoms with Gasteiger partial charge in [0.1, 0.15) is 13.2 Å². The van der Waals surface area contributed by atoms with Crippen molar-refractivity contribution in [1.29, 1.82) is 0 Å². The van der Waals surface area contributed by atoms with Crippen LogP contribution in [0.4, 0.5) is 0 Å². The molecule has 144 valence electrons. The first-order valence-corrected chi connectivity index (χ1v) is 9.90. The summed E-state index contributed by atoms with van der Waals surface area (Å²) < 4.78 is 12.7. The number of carbonyl (C=O) groups excluding carboxylic acids is 1. The molecule has 1 N–H and O–H groups in total. The molecule has 28 heavy (non-hydrogen) atoms.